The molecule has 0 atom stereocenters. The van der Waals surface area contributed by atoms with E-state index in [2.05, 4.69) is 19.4 Å². The van der Waals surface area contributed by atoms with Gasteiger partial charge in [-0.25, -0.2) is 14.4 Å². The van der Waals surface area contributed by atoms with Crippen LogP contribution in [0.15, 0.2) is 67.0 Å². The maximum atomic E-state index is 13.4. The first-order valence-electron chi connectivity index (χ1n) is 12.0. The molecule has 1 fully saturated rings. The third kappa shape index (κ3) is 5.66. The minimum Gasteiger partial charge on any atom is -0.374 e. The molecule has 0 unspecified atom stereocenters. The fraction of sp³-hybridized carbons (Fsp3) is 0.370. The number of hydrogen-bond donors (Lipinski definition) is 0. The predicted molar refractivity (Wildman–Crippen MR) is 130 cm³/mol. The Morgan fingerprint density at radius 2 is 1.76 bits per heavy atom. The van der Waals surface area contributed by atoms with E-state index >= 15 is 0 Å². The Morgan fingerprint density at radius 3 is 2.56 bits per heavy atom. The number of likely N-dealkylation sites (tertiary alicyclic amines) is 1. The van der Waals surface area contributed by atoms with Crippen molar-refractivity contribution in [2.75, 3.05) is 26.2 Å². The molecule has 0 bridgehead atoms. The van der Waals surface area contributed by atoms with Crippen molar-refractivity contribution in [3.05, 3.63) is 89.9 Å². The van der Waals surface area contributed by atoms with Crippen LogP contribution < -0.4 is 0 Å². The summed E-state index contributed by atoms with van der Waals surface area (Å²) in [7, 11) is 0. The van der Waals surface area contributed by atoms with E-state index in [1.807, 2.05) is 48.7 Å². The van der Waals surface area contributed by atoms with E-state index in [9.17, 15) is 4.39 Å². The van der Waals surface area contributed by atoms with Crippen LogP contribution in [0.4, 0.5) is 4.39 Å². The van der Waals surface area contributed by atoms with Crippen molar-refractivity contribution in [1.29, 1.82) is 0 Å². The Kier molecular flexibility index (Phi) is 7.22. The van der Waals surface area contributed by atoms with Gasteiger partial charge in [0.25, 0.3) is 0 Å². The number of nitrogens with zero attached hydrogens (tertiary/aromatic N) is 5. The van der Waals surface area contributed by atoms with Gasteiger partial charge < -0.3 is 14.2 Å². The molecule has 0 aliphatic carbocycles. The molecule has 4 heterocycles. The molecule has 0 saturated carbocycles. The summed E-state index contributed by atoms with van der Waals surface area (Å²) in [5.74, 6) is 1.44. The number of pyridine rings is 2. The van der Waals surface area contributed by atoms with Gasteiger partial charge in [0.1, 0.15) is 17.2 Å². The number of imidazole rings is 1. The Hall–Kier alpha value is -3.16. The highest BCUT2D eigenvalue weighted by Gasteiger charge is 2.22. The minimum absolute atomic E-state index is 0.216. The number of fused-ring (bicyclic) bond motifs is 1. The summed E-state index contributed by atoms with van der Waals surface area (Å²) < 4.78 is 21.4. The largest absolute Gasteiger partial charge is 0.374 e. The van der Waals surface area contributed by atoms with Crippen molar-refractivity contribution in [3.8, 4) is 0 Å². The predicted octanol–water partition coefficient (Wildman–Crippen LogP) is 4.49. The number of aromatic nitrogens is 4. The van der Waals surface area contributed by atoms with Gasteiger partial charge in [0.2, 0.25) is 0 Å². The van der Waals surface area contributed by atoms with E-state index in [4.69, 9.17) is 9.72 Å². The molecule has 1 saturated heterocycles. The van der Waals surface area contributed by atoms with Gasteiger partial charge in [0.15, 0.2) is 5.65 Å². The van der Waals surface area contributed by atoms with Gasteiger partial charge >= 0.3 is 0 Å². The number of halogens is 1. The molecule has 0 spiro atoms. The molecule has 1 aromatic carbocycles. The lowest BCUT2D eigenvalue weighted by Crippen LogP contribution is -2.36. The zero-order valence-electron chi connectivity index (χ0n) is 19.3. The summed E-state index contributed by atoms with van der Waals surface area (Å²) >= 11 is 0. The lowest BCUT2D eigenvalue weighted by Gasteiger charge is -2.31. The van der Waals surface area contributed by atoms with Gasteiger partial charge in [-0.2, -0.15) is 0 Å². The molecule has 4 aromatic rings. The van der Waals surface area contributed by atoms with Crippen molar-refractivity contribution >= 4 is 11.2 Å². The number of ether oxygens (including phenoxy) is 1. The first kappa shape index (κ1) is 22.6. The molecular formula is C27H30FN5O. The molecule has 34 heavy (non-hydrogen) atoms. The molecule has 0 amide bonds. The molecular weight excluding hydrogens is 429 g/mol. The quantitative estimate of drug-likeness (QED) is 0.345. The second kappa shape index (κ2) is 10.8. The van der Waals surface area contributed by atoms with Crippen molar-refractivity contribution in [2.24, 2.45) is 5.92 Å². The van der Waals surface area contributed by atoms with Gasteiger partial charge in [-0.1, -0.05) is 18.2 Å². The third-order valence-electron chi connectivity index (χ3n) is 6.54. The van der Waals surface area contributed by atoms with Crippen molar-refractivity contribution in [3.63, 3.8) is 0 Å². The Labute approximate surface area is 199 Å². The van der Waals surface area contributed by atoms with Crippen LogP contribution in [-0.2, 0) is 24.3 Å². The normalized spacial score (nSPS) is 15.2. The molecule has 1 aliphatic rings. The first-order chi connectivity index (χ1) is 16.7. The summed E-state index contributed by atoms with van der Waals surface area (Å²) in [5, 5.41) is 0. The Balaban J connectivity index is 1.16. The van der Waals surface area contributed by atoms with Crippen molar-refractivity contribution in [2.45, 2.75) is 32.4 Å². The standard InChI is InChI=1S/C27H30FN5O/c28-23-8-6-22(7-9-23)19-33-26(31-25-5-3-13-30-27(25)33)18-21-10-14-32(15-11-21)16-17-34-20-24-4-1-2-12-29-24/h1-9,12-13,21H,10-11,14-20H2. The van der Waals surface area contributed by atoms with Gasteiger partial charge in [-0.3, -0.25) is 4.98 Å². The van der Waals surface area contributed by atoms with Crippen molar-refractivity contribution < 1.29 is 9.13 Å². The zero-order valence-corrected chi connectivity index (χ0v) is 19.3. The molecule has 5 rings (SSSR count). The van der Waals surface area contributed by atoms with Crippen LogP contribution in [0.3, 0.4) is 0 Å². The van der Waals surface area contributed by atoms with E-state index in [0.29, 0.717) is 19.1 Å². The fourth-order valence-electron chi connectivity index (χ4n) is 4.63. The van der Waals surface area contributed by atoms with Crippen LogP contribution in [0, 0.1) is 11.7 Å². The molecule has 3 aromatic heterocycles. The smallest absolute Gasteiger partial charge is 0.160 e. The summed E-state index contributed by atoms with van der Waals surface area (Å²) in [6, 6.07) is 16.5. The van der Waals surface area contributed by atoms with Crippen LogP contribution in [0.25, 0.3) is 11.2 Å². The summed E-state index contributed by atoms with van der Waals surface area (Å²) in [6.07, 6.45) is 6.83. The molecule has 7 heteroatoms. The average molecular weight is 460 g/mol. The number of hydrogen-bond acceptors (Lipinski definition) is 5. The molecule has 176 valence electrons. The second-order valence-corrected chi connectivity index (χ2v) is 8.95. The lowest BCUT2D eigenvalue weighted by atomic mass is 9.93. The Bertz CT molecular complexity index is 1190. The van der Waals surface area contributed by atoms with Crippen LogP contribution in [-0.4, -0.2) is 50.7 Å². The highest BCUT2D eigenvalue weighted by Crippen LogP contribution is 2.24. The Morgan fingerprint density at radius 1 is 0.941 bits per heavy atom. The maximum Gasteiger partial charge on any atom is 0.160 e. The van der Waals surface area contributed by atoms with Gasteiger partial charge in [-0.05, 0) is 73.8 Å². The maximum absolute atomic E-state index is 13.4. The van der Waals surface area contributed by atoms with Crippen LogP contribution in [0.1, 0.15) is 29.9 Å². The molecule has 6 nitrogen and oxygen atoms in total. The first-order valence-corrected chi connectivity index (χ1v) is 12.0. The monoisotopic (exact) mass is 459 g/mol. The second-order valence-electron chi connectivity index (χ2n) is 8.95. The van der Waals surface area contributed by atoms with Crippen molar-refractivity contribution in [1.82, 2.24) is 24.4 Å². The van der Waals surface area contributed by atoms with Crippen LogP contribution >= 0.6 is 0 Å². The fourth-order valence-corrected chi connectivity index (χ4v) is 4.63. The number of piperidine rings is 1. The third-order valence-corrected chi connectivity index (χ3v) is 6.54. The van der Waals surface area contributed by atoms with Crippen LogP contribution in [0.5, 0.6) is 0 Å². The van der Waals surface area contributed by atoms with E-state index in [-0.39, 0.29) is 5.82 Å². The number of benzene rings is 1. The molecule has 0 N–H and O–H groups in total. The lowest BCUT2D eigenvalue weighted by molar-refractivity contribution is 0.0775. The average Bonchev–Trinajstić information content (AvgIpc) is 3.21. The van der Waals surface area contributed by atoms with E-state index in [0.717, 1.165) is 73.7 Å². The highest BCUT2D eigenvalue weighted by molar-refractivity contribution is 5.71. The van der Waals surface area contributed by atoms with Gasteiger partial charge in [-0.15, -0.1) is 0 Å². The zero-order chi connectivity index (χ0) is 23.2. The molecule has 1 aliphatic heterocycles. The number of rotatable bonds is 9. The van der Waals surface area contributed by atoms with Crippen LogP contribution in [0.2, 0.25) is 0 Å². The minimum atomic E-state index is -0.216. The molecule has 0 radical (unpaired) electrons. The van der Waals surface area contributed by atoms with E-state index in [1.165, 1.54) is 12.1 Å². The topological polar surface area (TPSA) is 56.1 Å². The highest BCUT2D eigenvalue weighted by atomic mass is 19.1. The van der Waals surface area contributed by atoms with Gasteiger partial charge in [0, 0.05) is 25.4 Å². The summed E-state index contributed by atoms with van der Waals surface area (Å²) in [6.45, 7) is 5.04. The summed E-state index contributed by atoms with van der Waals surface area (Å²) in [4.78, 5) is 16.3. The van der Waals surface area contributed by atoms with Gasteiger partial charge in [0.05, 0.1) is 25.5 Å². The summed E-state index contributed by atoms with van der Waals surface area (Å²) in [5.41, 5.74) is 3.83. The van der Waals surface area contributed by atoms with E-state index < -0.39 is 0 Å². The SMILES string of the molecule is Fc1ccc(Cn2c(CC3CCN(CCOCc4ccccn4)CC3)nc3cccnc32)cc1. The van der Waals surface area contributed by atoms with E-state index in [1.54, 1.807) is 6.20 Å².